The number of carbonyl (C=O) groups is 1. The summed E-state index contributed by atoms with van der Waals surface area (Å²) in [6.07, 6.45) is 4.89. The molecule has 1 aliphatic carbocycles. The Morgan fingerprint density at radius 3 is 2.81 bits per heavy atom. The molecule has 1 fully saturated rings. The van der Waals surface area contributed by atoms with Crippen LogP contribution in [0.2, 0.25) is 0 Å². The zero-order chi connectivity index (χ0) is 15.1. The molecule has 0 aromatic heterocycles. The van der Waals surface area contributed by atoms with Gasteiger partial charge < -0.3 is 4.90 Å². The van der Waals surface area contributed by atoms with E-state index in [4.69, 9.17) is 0 Å². The van der Waals surface area contributed by atoms with Crippen LogP contribution in [0, 0.1) is 5.41 Å². The van der Waals surface area contributed by atoms with Gasteiger partial charge in [-0.05, 0) is 55.8 Å². The number of benzene rings is 1. The van der Waals surface area contributed by atoms with Gasteiger partial charge in [0.25, 0.3) is 0 Å². The third kappa shape index (κ3) is 2.07. The number of aryl methyl sites for hydroxylation is 1. The van der Waals surface area contributed by atoms with Crippen LogP contribution in [0.5, 0.6) is 0 Å². The maximum atomic E-state index is 13.2. The van der Waals surface area contributed by atoms with E-state index in [1.807, 2.05) is 0 Å². The Bertz CT molecular complexity index is 552. The number of nitrogens with zero attached hydrogens (tertiary/aromatic N) is 1. The van der Waals surface area contributed by atoms with Crippen LogP contribution in [-0.2, 0) is 16.6 Å². The van der Waals surface area contributed by atoms with Crippen molar-refractivity contribution >= 4 is 5.78 Å². The molecule has 2 heteroatoms. The smallest absolute Gasteiger partial charge is 0.144 e. The highest BCUT2D eigenvalue weighted by Crippen LogP contribution is 2.55. The molecule has 21 heavy (non-hydrogen) atoms. The first-order valence-electron chi connectivity index (χ1n) is 8.34. The summed E-state index contributed by atoms with van der Waals surface area (Å²) in [5, 5.41) is 0. The fourth-order valence-electron chi connectivity index (χ4n) is 4.85. The van der Waals surface area contributed by atoms with Crippen LogP contribution in [0.1, 0.15) is 50.7 Å². The van der Waals surface area contributed by atoms with Gasteiger partial charge in [-0.1, -0.05) is 38.1 Å². The minimum atomic E-state index is -0.246. The van der Waals surface area contributed by atoms with E-state index >= 15 is 0 Å². The first-order chi connectivity index (χ1) is 10.0. The minimum Gasteiger partial charge on any atom is -0.306 e. The fraction of sp³-hybridized carbons (Fsp3) is 0.632. The molecule has 2 atom stereocenters. The maximum absolute atomic E-state index is 13.2. The van der Waals surface area contributed by atoms with Crippen molar-refractivity contribution in [2.24, 2.45) is 5.41 Å². The molecule has 0 radical (unpaired) electrons. The van der Waals surface area contributed by atoms with Crippen molar-refractivity contribution in [1.29, 1.82) is 0 Å². The Morgan fingerprint density at radius 1 is 1.29 bits per heavy atom. The Labute approximate surface area is 128 Å². The number of piperidine rings is 1. The van der Waals surface area contributed by atoms with E-state index in [1.54, 1.807) is 0 Å². The molecule has 0 bridgehead atoms. The highest BCUT2D eigenvalue weighted by atomic mass is 16.1. The average molecular weight is 285 g/mol. The van der Waals surface area contributed by atoms with Gasteiger partial charge in [0.1, 0.15) is 5.78 Å². The van der Waals surface area contributed by atoms with E-state index in [9.17, 15) is 4.79 Å². The zero-order valence-electron chi connectivity index (χ0n) is 13.6. The summed E-state index contributed by atoms with van der Waals surface area (Å²) in [5.41, 5.74) is 2.58. The summed E-state index contributed by atoms with van der Waals surface area (Å²) >= 11 is 0. The molecule has 0 N–H and O–H groups in total. The molecule has 3 rings (SSSR count). The monoisotopic (exact) mass is 285 g/mol. The van der Waals surface area contributed by atoms with Crippen molar-refractivity contribution in [3.05, 3.63) is 35.4 Å². The Balaban J connectivity index is 2.17. The standard InChI is InChI=1S/C19H27NO/c1-4-7-17(21)19-12-13-20(3)14-18(19,2)11-10-15-8-5-6-9-16(15)19/h5-6,8-9H,4,7,10-14H2,1-3H3/t18-,19-/m1/s1. The predicted molar refractivity (Wildman–Crippen MR) is 86.6 cm³/mol. The third-order valence-corrected chi connectivity index (χ3v) is 5.89. The van der Waals surface area contributed by atoms with E-state index in [-0.39, 0.29) is 10.8 Å². The summed E-state index contributed by atoms with van der Waals surface area (Å²) in [4.78, 5) is 15.6. The summed E-state index contributed by atoms with van der Waals surface area (Å²) in [6, 6.07) is 8.69. The number of fused-ring (bicyclic) bond motifs is 3. The molecule has 1 aliphatic heterocycles. The van der Waals surface area contributed by atoms with Crippen LogP contribution in [0.15, 0.2) is 24.3 Å². The predicted octanol–water partition coefficient (Wildman–Crippen LogP) is 3.58. The second kappa shape index (κ2) is 5.24. The summed E-state index contributed by atoms with van der Waals surface area (Å²) < 4.78 is 0. The number of carbonyl (C=O) groups excluding carboxylic acids is 1. The Kier molecular flexibility index (Phi) is 3.69. The highest BCUT2D eigenvalue weighted by molar-refractivity contribution is 5.92. The number of hydrogen-bond donors (Lipinski definition) is 0. The second-order valence-electron chi connectivity index (χ2n) is 7.28. The summed E-state index contributed by atoms with van der Waals surface area (Å²) in [6.45, 7) is 6.54. The van der Waals surface area contributed by atoms with E-state index in [0.717, 1.165) is 38.8 Å². The lowest BCUT2D eigenvalue weighted by atomic mass is 9.49. The molecule has 1 aromatic rings. The molecule has 0 unspecified atom stereocenters. The van der Waals surface area contributed by atoms with Crippen molar-refractivity contribution in [3.63, 3.8) is 0 Å². The van der Waals surface area contributed by atoms with Crippen molar-refractivity contribution in [2.45, 2.75) is 51.4 Å². The fourth-order valence-corrected chi connectivity index (χ4v) is 4.85. The van der Waals surface area contributed by atoms with Crippen LogP contribution in [0.3, 0.4) is 0 Å². The van der Waals surface area contributed by atoms with Gasteiger partial charge in [0.15, 0.2) is 0 Å². The quantitative estimate of drug-likeness (QED) is 0.846. The van der Waals surface area contributed by atoms with Gasteiger partial charge in [-0.2, -0.15) is 0 Å². The van der Waals surface area contributed by atoms with Crippen LogP contribution in [0.4, 0.5) is 0 Å². The molecule has 114 valence electrons. The molecule has 1 heterocycles. The first-order valence-corrected chi connectivity index (χ1v) is 8.34. The van der Waals surface area contributed by atoms with E-state index in [1.165, 1.54) is 11.1 Å². The van der Waals surface area contributed by atoms with Crippen LogP contribution in [-0.4, -0.2) is 30.8 Å². The van der Waals surface area contributed by atoms with Gasteiger partial charge in [0, 0.05) is 13.0 Å². The number of Topliss-reactive ketones (excluding diaryl/α,β-unsaturated/α-hetero) is 1. The van der Waals surface area contributed by atoms with Gasteiger partial charge in [0.2, 0.25) is 0 Å². The van der Waals surface area contributed by atoms with Gasteiger partial charge >= 0.3 is 0 Å². The first kappa shape index (κ1) is 14.8. The lowest BCUT2D eigenvalue weighted by molar-refractivity contribution is -0.135. The molecular weight excluding hydrogens is 258 g/mol. The molecule has 0 saturated carbocycles. The lowest BCUT2D eigenvalue weighted by Crippen LogP contribution is -2.61. The molecule has 2 aliphatic rings. The largest absolute Gasteiger partial charge is 0.306 e. The minimum absolute atomic E-state index is 0.0839. The van der Waals surface area contributed by atoms with Gasteiger partial charge in [-0.25, -0.2) is 0 Å². The number of likely N-dealkylation sites (tertiary alicyclic amines) is 1. The number of ketones is 1. The van der Waals surface area contributed by atoms with Gasteiger partial charge in [-0.3, -0.25) is 4.79 Å². The summed E-state index contributed by atoms with van der Waals surface area (Å²) in [5.74, 6) is 0.479. The van der Waals surface area contributed by atoms with Crippen molar-refractivity contribution in [1.82, 2.24) is 4.90 Å². The molecule has 1 saturated heterocycles. The van der Waals surface area contributed by atoms with Crippen molar-refractivity contribution in [3.8, 4) is 0 Å². The molecule has 0 spiro atoms. The van der Waals surface area contributed by atoms with E-state index in [0.29, 0.717) is 12.2 Å². The van der Waals surface area contributed by atoms with Crippen molar-refractivity contribution < 1.29 is 4.79 Å². The van der Waals surface area contributed by atoms with Gasteiger partial charge in [-0.15, -0.1) is 0 Å². The van der Waals surface area contributed by atoms with Crippen molar-refractivity contribution in [2.75, 3.05) is 20.1 Å². The van der Waals surface area contributed by atoms with Crippen LogP contribution < -0.4 is 0 Å². The second-order valence-corrected chi connectivity index (χ2v) is 7.28. The topological polar surface area (TPSA) is 20.3 Å². The molecular formula is C19H27NO. The number of hydrogen-bond acceptors (Lipinski definition) is 2. The molecule has 0 amide bonds. The Hall–Kier alpha value is -1.15. The molecule has 2 nitrogen and oxygen atoms in total. The van der Waals surface area contributed by atoms with Crippen LogP contribution in [0.25, 0.3) is 0 Å². The lowest BCUT2D eigenvalue weighted by Gasteiger charge is -2.57. The maximum Gasteiger partial charge on any atom is 0.144 e. The van der Waals surface area contributed by atoms with Crippen LogP contribution >= 0.6 is 0 Å². The van der Waals surface area contributed by atoms with E-state index < -0.39 is 0 Å². The average Bonchev–Trinajstić information content (AvgIpc) is 2.46. The van der Waals surface area contributed by atoms with E-state index in [2.05, 4.69) is 50.1 Å². The number of rotatable bonds is 3. The Morgan fingerprint density at radius 2 is 2.05 bits per heavy atom. The highest BCUT2D eigenvalue weighted by Gasteiger charge is 2.57. The zero-order valence-corrected chi connectivity index (χ0v) is 13.6. The SMILES string of the molecule is CCCC(=O)[C@]12CCN(C)C[C@@]1(C)CCc1ccccc12. The molecule has 1 aromatic carbocycles. The summed E-state index contributed by atoms with van der Waals surface area (Å²) in [7, 11) is 2.19. The van der Waals surface area contributed by atoms with Gasteiger partial charge in [0.05, 0.1) is 5.41 Å². The normalized spacial score (nSPS) is 32.3. The third-order valence-electron chi connectivity index (χ3n) is 5.89.